The third kappa shape index (κ3) is 9.93. The highest BCUT2D eigenvalue weighted by atomic mass is 35.5. The summed E-state index contributed by atoms with van der Waals surface area (Å²) in [5.41, 5.74) is 1.00. The van der Waals surface area contributed by atoms with Gasteiger partial charge in [-0.2, -0.15) is 0 Å². The molecule has 24 heavy (non-hydrogen) atoms. The zero-order valence-electron chi connectivity index (χ0n) is 15.8. The fourth-order valence-electron chi connectivity index (χ4n) is 2.65. The number of unbranched alkanes of at least 4 members (excludes halogenated alkanes) is 5. The smallest absolute Gasteiger partial charge is 0.0940 e. The monoisotopic (exact) mass is 373 g/mol. The van der Waals surface area contributed by atoms with E-state index in [2.05, 4.69) is 57.3 Å². The number of nitrogens with one attached hydrogen (secondary N) is 1. The summed E-state index contributed by atoms with van der Waals surface area (Å²) < 4.78 is 0. The fourth-order valence-corrected chi connectivity index (χ4v) is 3.49. The first-order chi connectivity index (χ1) is 11.0. The molecule has 0 aliphatic heterocycles. The third-order valence-electron chi connectivity index (χ3n) is 4.06. The molecule has 0 radical (unpaired) electrons. The largest absolute Gasteiger partial charge is 0.387 e. The topological polar surface area (TPSA) is 32.3 Å². The molecule has 1 aromatic rings. The molecule has 0 aliphatic carbocycles. The highest BCUT2D eigenvalue weighted by Crippen LogP contribution is 2.25. The number of thioether (sulfide) groups is 1. The van der Waals surface area contributed by atoms with Gasteiger partial charge < -0.3 is 10.4 Å². The minimum atomic E-state index is -0.437. The Labute approximate surface area is 159 Å². The Balaban J connectivity index is 0.00000529. The Kier molecular flexibility index (Phi) is 13.9. The van der Waals surface area contributed by atoms with Crippen molar-refractivity contribution in [1.29, 1.82) is 0 Å². The summed E-state index contributed by atoms with van der Waals surface area (Å²) in [6.45, 7) is 9.70. The van der Waals surface area contributed by atoms with Crippen LogP contribution in [-0.4, -0.2) is 22.9 Å². The Morgan fingerprint density at radius 1 is 0.958 bits per heavy atom. The fraction of sp³-hybridized carbons (Fsp3) is 0.700. The van der Waals surface area contributed by atoms with Crippen molar-refractivity contribution < 1.29 is 5.11 Å². The molecule has 140 valence electrons. The molecule has 2 N–H and O–H groups in total. The zero-order valence-corrected chi connectivity index (χ0v) is 17.4. The van der Waals surface area contributed by atoms with Gasteiger partial charge in [-0.15, -0.1) is 24.2 Å². The highest BCUT2D eigenvalue weighted by Gasteiger charge is 2.15. The molecule has 2 nitrogen and oxygen atoms in total. The molecule has 0 fully saturated rings. The molecule has 1 aromatic carbocycles. The highest BCUT2D eigenvalue weighted by molar-refractivity contribution is 7.99. The summed E-state index contributed by atoms with van der Waals surface area (Å²) >= 11 is 1.85. The van der Waals surface area contributed by atoms with Crippen LogP contribution in [0.5, 0.6) is 0 Å². The van der Waals surface area contributed by atoms with Gasteiger partial charge >= 0.3 is 0 Å². The molecule has 4 heteroatoms. The molecule has 0 spiro atoms. The Morgan fingerprint density at radius 3 is 2.12 bits per heavy atom. The number of benzene rings is 1. The van der Waals surface area contributed by atoms with Gasteiger partial charge in [-0.25, -0.2) is 0 Å². The minimum Gasteiger partial charge on any atom is -0.387 e. The number of hydrogen-bond acceptors (Lipinski definition) is 3. The molecule has 0 unspecified atom stereocenters. The second-order valence-corrected chi connectivity index (χ2v) is 8.34. The molecule has 2 atom stereocenters. The van der Waals surface area contributed by atoms with Gasteiger partial charge in [0.25, 0.3) is 0 Å². The van der Waals surface area contributed by atoms with Crippen molar-refractivity contribution >= 4 is 24.2 Å². The van der Waals surface area contributed by atoms with E-state index in [-0.39, 0.29) is 18.4 Å². The van der Waals surface area contributed by atoms with E-state index in [0.29, 0.717) is 5.25 Å². The zero-order chi connectivity index (χ0) is 17.1. The van der Waals surface area contributed by atoms with Crippen LogP contribution in [0, 0.1) is 0 Å². The first kappa shape index (κ1) is 23.8. The average Bonchev–Trinajstić information content (AvgIpc) is 2.53. The normalized spacial score (nSPS) is 13.6. The van der Waals surface area contributed by atoms with E-state index in [9.17, 15) is 5.11 Å². The van der Waals surface area contributed by atoms with Crippen molar-refractivity contribution in [2.45, 2.75) is 88.5 Å². The van der Waals surface area contributed by atoms with Crippen molar-refractivity contribution in [1.82, 2.24) is 5.32 Å². The molecular formula is C20H36ClNOS. The van der Waals surface area contributed by atoms with Crippen molar-refractivity contribution in [2.24, 2.45) is 0 Å². The van der Waals surface area contributed by atoms with Crippen LogP contribution in [0.15, 0.2) is 29.2 Å². The SMILES string of the molecule is CCCCCCCCN[C@H](C)[C@@H](O)c1ccc(SC(C)C)cc1.Cl. The second-order valence-electron chi connectivity index (χ2n) is 6.69. The molecule has 0 saturated carbocycles. The Bertz CT molecular complexity index is 411. The molecule has 0 aliphatic rings. The van der Waals surface area contributed by atoms with E-state index in [4.69, 9.17) is 0 Å². The van der Waals surface area contributed by atoms with Crippen molar-refractivity contribution in [2.75, 3.05) is 6.54 Å². The summed E-state index contributed by atoms with van der Waals surface area (Å²) in [4.78, 5) is 1.27. The predicted octanol–water partition coefficient (Wildman–Crippen LogP) is 5.98. The van der Waals surface area contributed by atoms with E-state index in [0.717, 1.165) is 12.1 Å². The lowest BCUT2D eigenvalue weighted by Crippen LogP contribution is -2.32. The van der Waals surface area contributed by atoms with Gasteiger partial charge in [0.15, 0.2) is 0 Å². The van der Waals surface area contributed by atoms with Crippen molar-refractivity contribution in [3.63, 3.8) is 0 Å². The van der Waals surface area contributed by atoms with Gasteiger partial charge in [0.2, 0.25) is 0 Å². The maximum Gasteiger partial charge on any atom is 0.0940 e. The number of aliphatic hydroxyl groups is 1. The number of hydrogen-bond donors (Lipinski definition) is 2. The molecular weight excluding hydrogens is 338 g/mol. The van der Waals surface area contributed by atoms with Gasteiger partial charge in [-0.1, -0.05) is 65.0 Å². The average molecular weight is 374 g/mol. The summed E-state index contributed by atoms with van der Waals surface area (Å²) in [6.07, 6.45) is 7.40. The van der Waals surface area contributed by atoms with Gasteiger partial charge in [-0.05, 0) is 37.6 Å². The summed E-state index contributed by atoms with van der Waals surface area (Å²) in [5, 5.41) is 14.5. The van der Waals surface area contributed by atoms with E-state index in [1.165, 1.54) is 43.4 Å². The van der Waals surface area contributed by atoms with Crippen LogP contribution in [-0.2, 0) is 0 Å². The quantitative estimate of drug-likeness (QED) is 0.349. The maximum atomic E-state index is 10.5. The van der Waals surface area contributed by atoms with E-state index < -0.39 is 6.10 Å². The van der Waals surface area contributed by atoms with E-state index in [1.807, 2.05) is 11.8 Å². The minimum absolute atomic E-state index is 0. The lowest BCUT2D eigenvalue weighted by Gasteiger charge is -2.21. The lowest BCUT2D eigenvalue weighted by molar-refractivity contribution is 0.136. The van der Waals surface area contributed by atoms with E-state index >= 15 is 0 Å². The van der Waals surface area contributed by atoms with Crippen LogP contribution < -0.4 is 5.32 Å². The number of halogens is 1. The van der Waals surface area contributed by atoms with E-state index in [1.54, 1.807) is 0 Å². The molecule has 1 rings (SSSR count). The molecule has 0 heterocycles. The first-order valence-corrected chi connectivity index (χ1v) is 10.1. The first-order valence-electron chi connectivity index (χ1n) is 9.22. The molecule has 0 bridgehead atoms. The van der Waals surface area contributed by atoms with Gasteiger partial charge in [0, 0.05) is 16.2 Å². The summed E-state index contributed by atoms with van der Waals surface area (Å²) in [6, 6.07) is 8.43. The van der Waals surface area contributed by atoms with Gasteiger partial charge in [-0.3, -0.25) is 0 Å². The Hall–Kier alpha value is -0.220. The molecule has 0 aromatic heterocycles. The third-order valence-corrected chi connectivity index (χ3v) is 5.08. The van der Waals surface area contributed by atoms with Gasteiger partial charge in [0.05, 0.1) is 6.10 Å². The summed E-state index contributed by atoms with van der Waals surface area (Å²) in [7, 11) is 0. The van der Waals surface area contributed by atoms with Crippen LogP contribution in [0.4, 0.5) is 0 Å². The second kappa shape index (κ2) is 14.0. The maximum absolute atomic E-state index is 10.5. The lowest BCUT2D eigenvalue weighted by atomic mass is 10.0. The van der Waals surface area contributed by atoms with Crippen LogP contribution >= 0.6 is 24.2 Å². The molecule has 0 saturated heterocycles. The number of aliphatic hydroxyl groups excluding tert-OH is 1. The number of rotatable bonds is 12. The molecule has 0 amide bonds. The van der Waals surface area contributed by atoms with Crippen LogP contribution in [0.3, 0.4) is 0 Å². The predicted molar refractivity (Wildman–Crippen MR) is 110 cm³/mol. The van der Waals surface area contributed by atoms with Crippen molar-refractivity contribution in [3.8, 4) is 0 Å². The van der Waals surface area contributed by atoms with Crippen LogP contribution in [0.2, 0.25) is 0 Å². The van der Waals surface area contributed by atoms with Crippen LogP contribution in [0.25, 0.3) is 0 Å². The Morgan fingerprint density at radius 2 is 1.54 bits per heavy atom. The van der Waals surface area contributed by atoms with Crippen molar-refractivity contribution in [3.05, 3.63) is 29.8 Å². The summed E-state index contributed by atoms with van der Waals surface area (Å²) in [5.74, 6) is 0. The van der Waals surface area contributed by atoms with Gasteiger partial charge in [0.1, 0.15) is 0 Å². The van der Waals surface area contributed by atoms with Crippen LogP contribution in [0.1, 0.15) is 77.9 Å². The standard InChI is InChI=1S/C20H35NOS.ClH/c1-5-6-7-8-9-10-15-21-17(4)20(22)18-11-13-19(14-12-18)23-16(2)3;/h11-14,16-17,20-22H,5-10,15H2,1-4H3;1H/t17-,20-;/m1./s1.